The van der Waals surface area contributed by atoms with Crippen LogP contribution >= 0.6 is 0 Å². The second kappa shape index (κ2) is 12.4. The number of rotatable bonds is 9. The van der Waals surface area contributed by atoms with Gasteiger partial charge in [-0.2, -0.15) is 0 Å². The van der Waals surface area contributed by atoms with Crippen LogP contribution < -0.4 is 5.32 Å². The first-order valence-electron chi connectivity index (χ1n) is 13.3. The van der Waals surface area contributed by atoms with Gasteiger partial charge in [-0.1, -0.05) is 93.6 Å². The number of hydrogen-bond acceptors (Lipinski definition) is 2. The van der Waals surface area contributed by atoms with Crippen LogP contribution in [0.25, 0.3) is 0 Å². The minimum Gasteiger partial charge on any atom is -0.350 e. The van der Waals surface area contributed by atoms with Crippen LogP contribution in [0.15, 0.2) is 78.9 Å². The third-order valence-corrected chi connectivity index (χ3v) is 6.52. The summed E-state index contributed by atoms with van der Waals surface area (Å²) in [5, 5.41) is 3.04. The van der Waals surface area contributed by atoms with E-state index in [1.165, 1.54) is 11.6 Å². The summed E-state index contributed by atoms with van der Waals surface area (Å²) >= 11 is 0. The van der Waals surface area contributed by atoms with Gasteiger partial charge in [0, 0.05) is 30.5 Å². The van der Waals surface area contributed by atoms with E-state index in [2.05, 4.69) is 50.4 Å². The highest BCUT2D eigenvalue weighted by atomic mass is 19.1. The summed E-state index contributed by atoms with van der Waals surface area (Å²) in [7, 11) is 0. The van der Waals surface area contributed by atoms with E-state index < -0.39 is 17.4 Å². The third-order valence-electron chi connectivity index (χ3n) is 6.52. The fraction of sp³-hybridized carbons (Fsp3) is 0.394. The van der Waals surface area contributed by atoms with Gasteiger partial charge in [-0.25, -0.2) is 4.39 Å². The summed E-state index contributed by atoms with van der Waals surface area (Å²) in [6.45, 7) is 12.3. The summed E-state index contributed by atoms with van der Waals surface area (Å²) in [5.74, 6) is -0.823. The molecule has 0 fully saturated rings. The first-order chi connectivity index (χ1) is 17.8. The molecule has 0 radical (unpaired) electrons. The Labute approximate surface area is 227 Å². The molecule has 0 saturated heterocycles. The number of aryl methyl sites for hydroxylation is 1. The molecular weight excluding hydrogens is 475 g/mol. The molecule has 38 heavy (non-hydrogen) atoms. The summed E-state index contributed by atoms with van der Waals surface area (Å²) in [4.78, 5) is 28.9. The highest BCUT2D eigenvalue weighted by Crippen LogP contribution is 2.23. The van der Waals surface area contributed by atoms with Crippen molar-refractivity contribution in [2.75, 3.05) is 0 Å². The molecule has 5 heteroatoms. The van der Waals surface area contributed by atoms with Gasteiger partial charge in [-0.3, -0.25) is 9.59 Å². The van der Waals surface area contributed by atoms with Gasteiger partial charge < -0.3 is 10.2 Å². The lowest BCUT2D eigenvalue weighted by atomic mass is 9.86. The van der Waals surface area contributed by atoms with E-state index in [1.54, 1.807) is 23.1 Å². The van der Waals surface area contributed by atoms with Gasteiger partial charge in [0.05, 0.1) is 0 Å². The zero-order chi connectivity index (χ0) is 27.9. The van der Waals surface area contributed by atoms with Gasteiger partial charge in [-0.05, 0) is 55.4 Å². The standard InChI is InChI=1S/C33H41FN2O2/c1-32(2,3)27-19-16-24(17-20-27)18-21-30(37)36(23-26-14-10-11-15-28(26)34)29(31(38)35-33(4,5)6)22-25-12-8-7-9-13-25/h7-17,19-20,29H,18,21-23H2,1-6H3,(H,35,38)/t29-/m1/s1. The maximum atomic E-state index is 14.7. The maximum absolute atomic E-state index is 14.7. The molecule has 0 heterocycles. The molecule has 0 spiro atoms. The second-order valence-electron chi connectivity index (χ2n) is 12.0. The largest absolute Gasteiger partial charge is 0.350 e. The van der Waals surface area contributed by atoms with Crippen molar-refractivity contribution < 1.29 is 14.0 Å². The monoisotopic (exact) mass is 516 g/mol. The van der Waals surface area contributed by atoms with Crippen molar-refractivity contribution in [3.8, 4) is 0 Å². The van der Waals surface area contributed by atoms with Crippen molar-refractivity contribution in [2.24, 2.45) is 0 Å². The molecule has 3 aromatic rings. The summed E-state index contributed by atoms with van der Waals surface area (Å²) in [6, 6.07) is 23.6. The molecule has 1 N–H and O–H groups in total. The molecule has 0 aliphatic carbocycles. The zero-order valence-corrected chi connectivity index (χ0v) is 23.6. The first-order valence-corrected chi connectivity index (χ1v) is 13.3. The lowest BCUT2D eigenvalue weighted by molar-refractivity contribution is -0.142. The highest BCUT2D eigenvalue weighted by molar-refractivity contribution is 5.88. The van der Waals surface area contributed by atoms with E-state index in [-0.39, 0.29) is 30.2 Å². The first kappa shape index (κ1) is 29.1. The zero-order valence-electron chi connectivity index (χ0n) is 23.6. The molecule has 3 aromatic carbocycles. The molecule has 0 bridgehead atoms. The van der Waals surface area contributed by atoms with Crippen molar-refractivity contribution in [1.82, 2.24) is 10.2 Å². The Morgan fingerprint density at radius 1 is 0.816 bits per heavy atom. The molecule has 0 saturated carbocycles. The lowest BCUT2D eigenvalue weighted by Crippen LogP contribution is -2.54. The third kappa shape index (κ3) is 8.54. The molecule has 1 atom stereocenters. The van der Waals surface area contributed by atoms with E-state index in [0.717, 1.165) is 11.1 Å². The minimum absolute atomic E-state index is 0.0174. The van der Waals surface area contributed by atoms with E-state index in [1.807, 2.05) is 51.1 Å². The lowest BCUT2D eigenvalue weighted by Gasteiger charge is -2.34. The molecule has 2 amide bonds. The van der Waals surface area contributed by atoms with Crippen molar-refractivity contribution in [3.63, 3.8) is 0 Å². The number of nitrogens with zero attached hydrogens (tertiary/aromatic N) is 1. The summed E-state index contributed by atoms with van der Waals surface area (Å²) in [6.07, 6.45) is 1.09. The Kier molecular flexibility index (Phi) is 9.48. The van der Waals surface area contributed by atoms with Gasteiger partial charge >= 0.3 is 0 Å². The minimum atomic E-state index is -0.785. The van der Waals surface area contributed by atoms with Crippen LogP contribution in [0.5, 0.6) is 0 Å². The Hall–Kier alpha value is -3.47. The normalized spacial score (nSPS) is 12.6. The molecule has 0 unspecified atom stereocenters. The van der Waals surface area contributed by atoms with Crippen molar-refractivity contribution in [2.45, 2.75) is 84.3 Å². The average molecular weight is 517 g/mol. The Morgan fingerprint density at radius 2 is 1.42 bits per heavy atom. The molecule has 4 nitrogen and oxygen atoms in total. The number of hydrogen-bond donors (Lipinski definition) is 1. The van der Waals surface area contributed by atoms with Crippen LogP contribution in [0.2, 0.25) is 0 Å². The molecular formula is C33H41FN2O2. The number of carbonyl (C=O) groups is 2. The average Bonchev–Trinajstić information content (AvgIpc) is 2.85. The molecule has 0 aliphatic rings. The fourth-order valence-corrected chi connectivity index (χ4v) is 4.38. The number of halogens is 1. The van der Waals surface area contributed by atoms with Gasteiger partial charge in [0.1, 0.15) is 11.9 Å². The number of nitrogens with one attached hydrogen (secondary N) is 1. The van der Waals surface area contributed by atoms with Gasteiger partial charge in [-0.15, -0.1) is 0 Å². The smallest absolute Gasteiger partial charge is 0.243 e. The highest BCUT2D eigenvalue weighted by Gasteiger charge is 2.32. The Morgan fingerprint density at radius 3 is 2.00 bits per heavy atom. The number of carbonyl (C=O) groups excluding carboxylic acids is 2. The summed E-state index contributed by atoms with van der Waals surface area (Å²) in [5.41, 5.74) is 3.18. The van der Waals surface area contributed by atoms with Crippen LogP contribution in [0.4, 0.5) is 4.39 Å². The van der Waals surface area contributed by atoms with Crippen molar-refractivity contribution in [1.29, 1.82) is 0 Å². The Balaban J connectivity index is 1.91. The van der Waals surface area contributed by atoms with Crippen LogP contribution in [0.3, 0.4) is 0 Å². The van der Waals surface area contributed by atoms with Crippen LogP contribution in [0.1, 0.15) is 70.2 Å². The topological polar surface area (TPSA) is 49.4 Å². The predicted molar refractivity (Wildman–Crippen MR) is 152 cm³/mol. The second-order valence-corrected chi connectivity index (χ2v) is 12.0. The SMILES string of the molecule is CC(C)(C)NC(=O)[C@@H](Cc1ccccc1)N(Cc1ccccc1F)C(=O)CCc1ccc(C(C)(C)C)cc1. The van der Waals surface area contributed by atoms with Gasteiger partial charge in [0.2, 0.25) is 11.8 Å². The van der Waals surface area contributed by atoms with Crippen LogP contribution in [-0.4, -0.2) is 28.3 Å². The van der Waals surface area contributed by atoms with Crippen molar-refractivity contribution in [3.05, 3.63) is 107 Å². The van der Waals surface area contributed by atoms with Crippen LogP contribution in [0, 0.1) is 5.82 Å². The van der Waals surface area contributed by atoms with Crippen molar-refractivity contribution >= 4 is 11.8 Å². The van der Waals surface area contributed by atoms with E-state index in [0.29, 0.717) is 18.4 Å². The van der Waals surface area contributed by atoms with E-state index in [4.69, 9.17) is 0 Å². The van der Waals surface area contributed by atoms with Crippen LogP contribution in [-0.2, 0) is 34.4 Å². The quantitative estimate of drug-likeness (QED) is 0.348. The predicted octanol–water partition coefficient (Wildman–Crippen LogP) is 6.61. The molecule has 3 rings (SSSR count). The molecule has 0 aromatic heterocycles. The number of benzene rings is 3. The molecule has 0 aliphatic heterocycles. The maximum Gasteiger partial charge on any atom is 0.243 e. The molecule has 202 valence electrons. The van der Waals surface area contributed by atoms with E-state index >= 15 is 0 Å². The van der Waals surface area contributed by atoms with E-state index in [9.17, 15) is 14.0 Å². The fourth-order valence-electron chi connectivity index (χ4n) is 4.38. The van der Waals surface area contributed by atoms with Gasteiger partial charge in [0.25, 0.3) is 0 Å². The van der Waals surface area contributed by atoms with Gasteiger partial charge in [0.15, 0.2) is 0 Å². The Bertz CT molecular complexity index is 1210. The summed E-state index contributed by atoms with van der Waals surface area (Å²) < 4.78 is 14.7. The number of amides is 2.